The van der Waals surface area contributed by atoms with Crippen molar-refractivity contribution >= 4 is 65.4 Å². The number of aromatic nitrogens is 1. The third-order valence-corrected chi connectivity index (χ3v) is 8.35. The zero-order valence-corrected chi connectivity index (χ0v) is 24.5. The highest BCUT2D eigenvalue weighted by atomic mass is 79.9. The molecular weight excluding hydrogens is 628 g/mol. The number of hydrogen-bond acceptors (Lipinski definition) is 5. The van der Waals surface area contributed by atoms with Crippen molar-refractivity contribution < 1.29 is 14.9 Å². The van der Waals surface area contributed by atoms with E-state index >= 15 is 0 Å². The molecule has 3 N–H and O–H groups in total. The third kappa shape index (κ3) is 6.81. The molecule has 0 spiro atoms. The average Bonchev–Trinajstić information content (AvgIpc) is 3.22. The summed E-state index contributed by atoms with van der Waals surface area (Å²) >= 11 is 8.76. The predicted octanol–water partition coefficient (Wildman–Crippen LogP) is 6.96. The van der Waals surface area contributed by atoms with E-state index in [1.165, 1.54) is 0 Å². The number of benzene rings is 4. The first-order valence-electron chi connectivity index (χ1n) is 12.3. The van der Waals surface area contributed by atoms with E-state index < -0.39 is 12.3 Å². The van der Waals surface area contributed by atoms with Gasteiger partial charge in [-0.25, -0.2) is 0 Å². The Labute approximate surface area is 243 Å². The Kier molecular flexibility index (Phi) is 9.09. The molecule has 8 heteroatoms. The van der Waals surface area contributed by atoms with Crippen LogP contribution in [0.1, 0.15) is 5.56 Å². The van der Waals surface area contributed by atoms with Crippen molar-refractivity contribution in [2.75, 3.05) is 12.4 Å². The van der Waals surface area contributed by atoms with Crippen LogP contribution >= 0.6 is 43.6 Å². The lowest BCUT2D eigenvalue weighted by molar-refractivity contribution is 0.0773. The van der Waals surface area contributed by atoms with E-state index in [0.29, 0.717) is 24.6 Å². The SMILES string of the molecule is OC(CSc1cccc(OCC(O)NCc2ccccc2)c1)Cn1c2ccc(Br)cc2c2cc(Br)ccc21. The van der Waals surface area contributed by atoms with Gasteiger partial charge in [0.15, 0.2) is 0 Å². The molecule has 0 aliphatic carbocycles. The maximum Gasteiger partial charge on any atom is 0.139 e. The lowest BCUT2D eigenvalue weighted by Gasteiger charge is -2.16. The van der Waals surface area contributed by atoms with E-state index in [1.807, 2.05) is 66.7 Å². The molecule has 1 aromatic heterocycles. The topological polar surface area (TPSA) is 66.7 Å². The van der Waals surface area contributed by atoms with Crippen molar-refractivity contribution in [2.24, 2.45) is 0 Å². The van der Waals surface area contributed by atoms with Gasteiger partial charge in [-0.15, -0.1) is 11.8 Å². The minimum atomic E-state index is -0.777. The van der Waals surface area contributed by atoms with Gasteiger partial charge in [0, 0.05) is 54.5 Å². The summed E-state index contributed by atoms with van der Waals surface area (Å²) in [7, 11) is 0. The molecule has 0 amide bonds. The van der Waals surface area contributed by atoms with Gasteiger partial charge in [0.25, 0.3) is 0 Å². The molecule has 196 valence electrons. The summed E-state index contributed by atoms with van der Waals surface area (Å²) in [6.45, 7) is 1.20. The number of rotatable bonds is 11. The van der Waals surface area contributed by atoms with Crippen LogP contribution in [-0.2, 0) is 13.1 Å². The highest BCUT2D eigenvalue weighted by Crippen LogP contribution is 2.33. The van der Waals surface area contributed by atoms with Crippen molar-refractivity contribution in [1.29, 1.82) is 0 Å². The monoisotopic (exact) mass is 654 g/mol. The van der Waals surface area contributed by atoms with E-state index in [0.717, 1.165) is 41.2 Å². The predicted molar refractivity (Wildman–Crippen MR) is 163 cm³/mol. The number of fused-ring (bicyclic) bond motifs is 3. The first-order chi connectivity index (χ1) is 18.5. The lowest BCUT2D eigenvalue weighted by atomic mass is 10.2. The molecule has 2 unspecified atom stereocenters. The molecule has 4 aromatic carbocycles. The number of aliphatic hydroxyl groups excluding tert-OH is 2. The Morgan fingerprint density at radius 1 is 0.816 bits per heavy atom. The molecule has 1 heterocycles. The Balaban J connectivity index is 1.18. The number of halogens is 2. The summed E-state index contributed by atoms with van der Waals surface area (Å²) in [4.78, 5) is 1.00. The Morgan fingerprint density at radius 2 is 1.50 bits per heavy atom. The number of ether oxygens (including phenoxy) is 1. The summed E-state index contributed by atoms with van der Waals surface area (Å²) in [6, 6.07) is 30.2. The largest absolute Gasteiger partial charge is 0.489 e. The number of hydrogen-bond donors (Lipinski definition) is 3. The molecule has 38 heavy (non-hydrogen) atoms. The minimum absolute atomic E-state index is 0.142. The molecule has 0 bridgehead atoms. The number of nitrogens with zero attached hydrogens (tertiary/aromatic N) is 1. The van der Waals surface area contributed by atoms with Crippen molar-refractivity contribution in [2.45, 2.75) is 30.3 Å². The van der Waals surface area contributed by atoms with Crippen LogP contribution in [-0.4, -0.2) is 39.5 Å². The fraction of sp³-hybridized carbons (Fsp3) is 0.200. The first-order valence-corrected chi connectivity index (χ1v) is 14.9. The second-order valence-electron chi connectivity index (χ2n) is 9.07. The van der Waals surface area contributed by atoms with E-state index in [9.17, 15) is 10.2 Å². The van der Waals surface area contributed by atoms with Crippen LogP contribution in [0.2, 0.25) is 0 Å². The van der Waals surface area contributed by atoms with Crippen LogP contribution < -0.4 is 10.1 Å². The zero-order chi connectivity index (χ0) is 26.5. The highest BCUT2D eigenvalue weighted by Gasteiger charge is 2.15. The first kappa shape index (κ1) is 27.2. The Bertz CT molecular complexity index is 1470. The van der Waals surface area contributed by atoms with Gasteiger partial charge in [-0.2, -0.15) is 0 Å². The van der Waals surface area contributed by atoms with Crippen molar-refractivity contribution in [3.8, 4) is 5.75 Å². The number of nitrogens with one attached hydrogen (secondary N) is 1. The van der Waals surface area contributed by atoms with E-state index in [-0.39, 0.29) is 6.61 Å². The fourth-order valence-electron chi connectivity index (χ4n) is 4.42. The van der Waals surface area contributed by atoms with Crippen LogP contribution in [0.15, 0.2) is 105 Å². The molecule has 2 atom stereocenters. The van der Waals surface area contributed by atoms with E-state index in [2.05, 4.69) is 66.0 Å². The summed E-state index contributed by atoms with van der Waals surface area (Å²) in [5.74, 6) is 1.22. The van der Waals surface area contributed by atoms with Crippen LogP contribution in [0.25, 0.3) is 21.8 Å². The normalized spacial score (nSPS) is 13.2. The van der Waals surface area contributed by atoms with Crippen LogP contribution in [0.4, 0.5) is 0 Å². The van der Waals surface area contributed by atoms with Gasteiger partial charge in [-0.3, -0.25) is 5.32 Å². The molecule has 5 nitrogen and oxygen atoms in total. The second kappa shape index (κ2) is 12.7. The van der Waals surface area contributed by atoms with Gasteiger partial charge in [0.2, 0.25) is 0 Å². The quantitative estimate of drug-likeness (QED) is 0.106. The average molecular weight is 656 g/mol. The molecule has 0 aliphatic rings. The maximum absolute atomic E-state index is 11.0. The van der Waals surface area contributed by atoms with Gasteiger partial charge in [0.1, 0.15) is 18.6 Å². The fourth-order valence-corrected chi connectivity index (χ4v) is 6.01. The van der Waals surface area contributed by atoms with Gasteiger partial charge in [-0.05, 0) is 60.2 Å². The van der Waals surface area contributed by atoms with Crippen molar-refractivity contribution in [1.82, 2.24) is 9.88 Å². The number of aliphatic hydroxyl groups is 2. The van der Waals surface area contributed by atoms with Gasteiger partial charge in [0.05, 0.1) is 6.10 Å². The molecule has 0 aliphatic heterocycles. The minimum Gasteiger partial charge on any atom is -0.489 e. The standard InChI is InChI=1S/C30H28Br2N2O3S/c31-21-9-11-28-26(13-21)27-14-22(32)10-12-29(27)34(28)17-23(35)19-38-25-8-4-7-24(15-25)37-18-30(36)33-16-20-5-2-1-3-6-20/h1-15,23,30,33,35-36H,16-19H2. The third-order valence-electron chi connectivity index (χ3n) is 6.22. The van der Waals surface area contributed by atoms with Gasteiger partial charge in [-0.1, -0.05) is 68.3 Å². The van der Waals surface area contributed by atoms with Crippen molar-refractivity contribution in [3.05, 3.63) is 106 Å². The summed E-state index contributed by atoms with van der Waals surface area (Å²) in [6.07, 6.45) is -1.32. The summed E-state index contributed by atoms with van der Waals surface area (Å²) < 4.78 is 10.1. The number of thioether (sulfide) groups is 1. The highest BCUT2D eigenvalue weighted by molar-refractivity contribution is 9.10. The molecule has 0 saturated carbocycles. The van der Waals surface area contributed by atoms with Gasteiger partial charge >= 0.3 is 0 Å². The Hall–Kier alpha value is -2.33. The Morgan fingerprint density at radius 3 is 2.18 bits per heavy atom. The molecule has 0 saturated heterocycles. The molecule has 0 radical (unpaired) electrons. The molecule has 0 fully saturated rings. The van der Waals surface area contributed by atoms with E-state index in [4.69, 9.17) is 4.74 Å². The van der Waals surface area contributed by atoms with E-state index in [1.54, 1.807) is 11.8 Å². The molecular formula is C30H28Br2N2O3S. The summed E-state index contributed by atoms with van der Waals surface area (Å²) in [5, 5.41) is 26.6. The molecule has 5 rings (SSSR count). The van der Waals surface area contributed by atoms with Crippen LogP contribution in [0.5, 0.6) is 5.75 Å². The zero-order valence-electron chi connectivity index (χ0n) is 20.6. The second-order valence-corrected chi connectivity index (χ2v) is 12.0. The smallest absolute Gasteiger partial charge is 0.139 e. The molecule has 5 aromatic rings. The van der Waals surface area contributed by atoms with Gasteiger partial charge < -0.3 is 19.5 Å². The van der Waals surface area contributed by atoms with Crippen molar-refractivity contribution in [3.63, 3.8) is 0 Å². The van der Waals surface area contributed by atoms with Crippen LogP contribution in [0.3, 0.4) is 0 Å². The van der Waals surface area contributed by atoms with Crippen LogP contribution in [0, 0.1) is 0 Å². The summed E-state index contributed by atoms with van der Waals surface area (Å²) in [5.41, 5.74) is 3.30. The maximum atomic E-state index is 11.0. The lowest BCUT2D eigenvalue weighted by Crippen LogP contribution is -2.33.